The molecule has 0 radical (unpaired) electrons. The predicted molar refractivity (Wildman–Crippen MR) is 103 cm³/mol. The van der Waals surface area contributed by atoms with Gasteiger partial charge in [0.2, 0.25) is 0 Å². The van der Waals surface area contributed by atoms with E-state index in [1.165, 1.54) is 11.3 Å². The highest BCUT2D eigenvalue weighted by Crippen LogP contribution is 2.29. The molecule has 26 heavy (non-hydrogen) atoms. The molecule has 6 nitrogen and oxygen atoms in total. The van der Waals surface area contributed by atoms with Crippen molar-refractivity contribution in [1.82, 2.24) is 15.0 Å². The van der Waals surface area contributed by atoms with Gasteiger partial charge in [-0.05, 0) is 36.8 Å². The zero-order valence-electron chi connectivity index (χ0n) is 13.8. The summed E-state index contributed by atoms with van der Waals surface area (Å²) >= 11 is 1.22. The maximum Gasteiger partial charge on any atom is 0.266 e. The Labute approximate surface area is 152 Å². The van der Waals surface area contributed by atoms with Gasteiger partial charge in [0.1, 0.15) is 10.7 Å². The Hall–Kier alpha value is -3.32. The number of anilines is 1. The van der Waals surface area contributed by atoms with Crippen LogP contribution in [0.25, 0.3) is 21.6 Å². The molecular formula is C19H14N4O2S. The largest absolute Gasteiger partial charge is 0.321 e. The molecule has 4 rings (SSSR count). The van der Waals surface area contributed by atoms with E-state index in [-0.39, 0.29) is 11.5 Å². The summed E-state index contributed by atoms with van der Waals surface area (Å²) in [6, 6.07) is 12.7. The van der Waals surface area contributed by atoms with Crippen LogP contribution in [0.2, 0.25) is 0 Å². The van der Waals surface area contributed by atoms with Crippen molar-refractivity contribution < 1.29 is 4.79 Å². The number of H-pyrrole nitrogens is 1. The van der Waals surface area contributed by atoms with Crippen molar-refractivity contribution in [2.45, 2.75) is 6.92 Å². The monoisotopic (exact) mass is 362 g/mol. The summed E-state index contributed by atoms with van der Waals surface area (Å²) in [6.45, 7) is 1.77. The minimum Gasteiger partial charge on any atom is -0.321 e. The number of hydrogen-bond donors (Lipinski definition) is 2. The third-order valence-corrected chi connectivity index (χ3v) is 5.18. The van der Waals surface area contributed by atoms with E-state index >= 15 is 0 Å². The number of benzene rings is 1. The van der Waals surface area contributed by atoms with E-state index in [0.29, 0.717) is 32.2 Å². The highest BCUT2D eigenvalue weighted by Gasteiger charge is 2.19. The van der Waals surface area contributed by atoms with Crippen LogP contribution < -0.4 is 10.9 Å². The second kappa shape index (κ2) is 6.53. The van der Waals surface area contributed by atoms with Gasteiger partial charge in [-0.2, -0.15) is 0 Å². The summed E-state index contributed by atoms with van der Waals surface area (Å²) < 4.78 is 0. The molecule has 7 heteroatoms. The fourth-order valence-corrected chi connectivity index (χ4v) is 3.79. The molecule has 0 aliphatic heterocycles. The number of thiophene rings is 1. The number of fused-ring (bicyclic) bond motifs is 1. The zero-order chi connectivity index (χ0) is 18.1. The van der Waals surface area contributed by atoms with Crippen molar-refractivity contribution >= 4 is 33.1 Å². The summed E-state index contributed by atoms with van der Waals surface area (Å²) in [5, 5.41) is 3.30. The van der Waals surface area contributed by atoms with Crippen molar-refractivity contribution in [3.63, 3.8) is 0 Å². The molecule has 0 atom stereocenters. The zero-order valence-corrected chi connectivity index (χ0v) is 14.6. The first-order valence-electron chi connectivity index (χ1n) is 7.93. The lowest BCUT2D eigenvalue weighted by Crippen LogP contribution is -2.12. The van der Waals surface area contributed by atoms with Gasteiger partial charge < -0.3 is 10.3 Å². The van der Waals surface area contributed by atoms with Crippen molar-refractivity contribution in [2.24, 2.45) is 0 Å². The Morgan fingerprint density at radius 3 is 2.58 bits per heavy atom. The van der Waals surface area contributed by atoms with Crippen molar-refractivity contribution in [1.29, 1.82) is 0 Å². The fraction of sp³-hybridized carbons (Fsp3) is 0.0526. The van der Waals surface area contributed by atoms with Crippen LogP contribution in [0.15, 0.2) is 59.7 Å². The number of hydrogen-bond acceptors (Lipinski definition) is 5. The molecule has 2 N–H and O–H groups in total. The molecule has 0 aliphatic rings. The first kappa shape index (κ1) is 16.2. The van der Waals surface area contributed by atoms with Crippen LogP contribution in [0, 0.1) is 6.92 Å². The lowest BCUT2D eigenvalue weighted by atomic mass is 10.2. The van der Waals surface area contributed by atoms with E-state index in [4.69, 9.17) is 0 Å². The number of carbonyl (C=O) groups excluding carboxylic acids is 1. The molecule has 0 aliphatic carbocycles. The SMILES string of the molecule is Cc1c(C(=O)Nc2ccccc2)sc2nc(-c3ccncc3)[nH]c(=O)c12. The van der Waals surface area contributed by atoms with E-state index < -0.39 is 0 Å². The highest BCUT2D eigenvalue weighted by atomic mass is 32.1. The van der Waals surface area contributed by atoms with Gasteiger partial charge in [0.05, 0.1) is 10.3 Å². The van der Waals surface area contributed by atoms with Crippen LogP contribution in [0.5, 0.6) is 0 Å². The molecule has 1 amide bonds. The number of aryl methyl sites for hydroxylation is 1. The highest BCUT2D eigenvalue weighted by molar-refractivity contribution is 7.20. The molecule has 3 aromatic heterocycles. The molecule has 0 bridgehead atoms. The number of para-hydroxylation sites is 1. The van der Waals surface area contributed by atoms with Crippen LogP contribution >= 0.6 is 11.3 Å². The lowest BCUT2D eigenvalue weighted by molar-refractivity contribution is 0.103. The summed E-state index contributed by atoms with van der Waals surface area (Å²) in [4.78, 5) is 37.5. The van der Waals surface area contributed by atoms with Crippen LogP contribution in [0.4, 0.5) is 5.69 Å². The molecule has 3 heterocycles. The smallest absolute Gasteiger partial charge is 0.266 e. The Balaban J connectivity index is 1.78. The molecule has 0 fully saturated rings. The molecule has 0 saturated heterocycles. The van der Waals surface area contributed by atoms with Crippen molar-refractivity contribution in [3.05, 3.63) is 75.7 Å². The van der Waals surface area contributed by atoms with Gasteiger partial charge in [-0.1, -0.05) is 18.2 Å². The minimum atomic E-state index is -0.255. The Morgan fingerprint density at radius 1 is 1.12 bits per heavy atom. The van der Waals surface area contributed by atoms with Gasteiger partial charge in [-0.25, -0.2) is 4.98 Å². The lowest BCUT2D eigenvalue weighted by Gasteiger charge is -2.03. The minimum absolute atomic E-state index is 0.249. The van der Waals surface area contributed by atoms with E-state index in [1.807, 2.05) is 30.3 Å². The van der Waals surface area contributed by atoms with Crippen LogP contribution in [-0.4, -0.2) is 20.9 Å². The molecule has 128 valence electrons. The number of aromatic nitrogens is 3. The summed E-state index contributed by atoms with van der Waals surface area (Å²) in [7, 11) is 0. The molecule has 4 aromatic rings. The van der Waals surface area contributed by atoms with E-state index in [0.717, 1.165) is 5.56 Å². The second-order valence-electron chi connectivity index (χ2n) is 5.71. The average Bonchev–Trinajstić information content (AvgIpc) is 3.00. The molecule has 0 spiro atoms. The van der Waals surface area contributed by atoms with E-state index in [1.54, 1.807) is 31.5 Å². The summed E-state index contributed by atoms with van der Waals surface area (Å²) in [6.07, 6.45) is 3.27. The second-order valence-corrected chi connectivity index (χ2v) is 6.71. The van der Waals surface area contributed by atoms with E-state index in [9.17, 15) is 9.59 Å². The standard InChI is InChI=1S/C19H14N4O2S/c1-11-14-17(24)22-16(12-7-9-20-10-8-12)23-19(14)26-15(11)18(25)21-13-5-3-2-4-6-13/h2-10H,1H3,(H,21,25)(H,22,23,24). The third kappa shape index (κ3) is 2.89. The van der Waals surface area contributed by atoms with Crippen molar-refractivity contribution in [2.75, 3.05) is 5.32 Å². The third-order valence-electron chi connectivity index (χ3n) is 3.99. The molecular weight excluding hydrogens is 348 g/mol. The van der Waals surface area contributed by atoms with Gasteiger partial charge in [0, 0.05) is 23.6 Å². The van der Waals surface area contributed by atoms with Gasteiger partial charge in [0.15, 0.2) is 0 Å². The average molecular weight is 362 g/mol. The topological polar surface area (TPSA) is 87.7 Å². The van der Waals surface area contributed by atoms with Crippen LogP contribution in [0.3, 0.4) is 0 Å². The Kier molecular flexibility index (Phi) is 4.06. The number of carbonyl (C=O) groups is 1. The molecule has 0 saturated carbocycles. The maximum absolute atomic E-state index is 12.6. The number of amides is 1. The van der Waals surface area contributed by atoms with E-state index in [2.05, 4.69) is 20.3 Å². The number of nitrogens with one attached hydrogen (secondary N) is 2. The van der Waals surface area contributed by atoms with Gasteiger partial charge >= 0.3 is 0 Å². The normalized spacial score (nSPS) is 10.8. The number of pyridine rings is 1. The summed E-state index contributed by atoms with van der Waals surface area (Å²) in [5.41, 5.74) is 1.84. The maximum atomic E-state index is 12.6. The fourth-order valence-electron chi connectivity index (χ4n) is 2.72. The van der Waals surface area contributed by atoms with Gasteiger partial charge in [-0.3, -0.25) is 14.6 Å². The number of rotatable bonds is 3. The first-order chi connectivity index (χ1) is 12.6. The Morgan fingerprint density at radius 2 is 1.85 bits per heavy atom. The number of aromatic amines is 1. The predicted octanol–water partition coefficient (Wildman–Crippen LogP) is 3.61. The van der Waals surface area contributed by atoms with Gasteiger partial charge in [-0.15, -0.1) is 11.3 Å². The van der Waals surface area contributed by atoms with Gasteiger partial charge in [0.25, 0.3) is 11.5 Å². The van der Waals surface area contributed by atoms with Crippen molar-refractivity contribution in [3.8, 4) is 11.4 Å². The molecule has 1 aromatic carbocycles. The Bertz CT molecular complexity index is 1150. The van der Waals surface area contributed by atoms with Crippen LogP contribution in [0.1, 0.15) is 15.2 Å². The number of nitrogens with zero attached hydrogens (tertiary/aromatic N) is 2. The van der Waals surface area contributed by atoms with Crippen LogP contribution in [-0.2, 0) is 0 Å². The summed E-state index contributed by atoms with van der Waals surface area (Å²) in [5.74, 6) is 0.211. The quantitative estimate of drug-likeness (QED) is 0.583. The first-order valence-corrected chi connectivity index (χ1v) is 8.75. The molecule has 0 unspecified atom stereocenters.